The second-order valence-corrected chi connectivity index (χ2v) is 6.00. The van der Waals surface area contributed by atoms with E-state index in [1.807, 2.05) is 24.3 Å². The lowest BCUT2D eigenvalue weighted by atomic mass is 10.0. The quantitative estimate of drug-likeness (QED) is 0.813. The largest absolute Gasteiger partial charge is 0.304 e. The van der Waals surface area contributed by atoms with Crippen molar-refractivity contribution in [2.75, 3.05) is 6.26 Å². The predicted molar refractivity (Wildman–Crippen MR) is 89.3 cm³/mol. The van der Waals surface area contributed by atoms with Crippen LogP contribution >= 0.6 is 11.8 Å². The zero-order chi connectivity index (χ0) is 15.2. The maximum absolute atomic E-state index is 8.84. The van der Waals surface area contributed by atoms with Gasteiger partial charge in [-0.3, -0.25) is 0 Å². The minimum absolute atomic E-state index is 0.243. The average molecular weight is 296 g/mol. The molecule has 3 heteroatoms. The van der Waals surface area contributed by atoms with Gasteiger partial charge in [0.15, 0.2) is 0 Å². The fourth-order valence-corrected chi connectivity index (χ4v) is 2.71. The molecule has 0 aliphatic carbocycles. The first kappa shape index (κ1) is 15.6. The first-order valence-corrected chi connectivity index (χ1v) is 8.26. The van der Waals surface area contributed by atoms with E-state index in [4.69, 9.17) is 5.26 Å². The Morgan fingerprint density at radius 1 is 0.905 bits per heavy atom. The summed E-state index contributed by atoms with van der Waals surface area (Å²) in [5, 5.41) is 12.4. The maximum Gasteiger partial charge on any atom is 0.0991 e. The smallest absolute Gasteiger partial charge is 0.0991 e. The van der Waals surface area contributed by atoms with Crippen LogP contribution in [0.25, 0.3) is 0 Å². The average Bonchev–Trinajstić information content (AvgIpc) is 2.55. The topological polar surface area (TPSA) is 35.8 Å². The van der Waals surface area contributed by atoms with Gasteiger partial charge >= 0.3 is 0 Å². The van der Waals surface area contributed by atoms with Gasteiger partial charge in [-0.15, -0.1) is 11.8 Å². The van der Waals surface area contributed by atoms with Crippen LogP contribution in [0.1, 0.15) is 42.6 Å². The van der Waals surface area contributed by atoms with Crippen LogP contribution in [0, 0.1) is 11.3 Å². The molecule has 2 rings (SSSR count). The van der Waals surface area contributed by atoms with Crippen LogP contribution in [0.2, 0.25) is 0 Å². The summed E-state index contributed by atoms with van der Waals surface area (Å²) in [7, 11) is 0. The Hall–Kier alpha value is -1.76. The molecular formula is C18H20N2S. The highest BCUT2D eigenvalue weighted by atomic mass is 32.2. The molecule has 0 radical (unpaired) electrons. The monoisotopic (exact) mass is 296 g/mol. The van der Waals surface area contributed by atoms with Gasteiger partial charge in [0, 0.05) is 17.0 Å². The lowest BCUT2D eigenvalue weighted by Gasteiger charge is -2.21. The predicted octanol–water partition coefficient (Wildman–Crippen LogP) is 4.69. The Morgan fingerprint density at radius 3 is 1.81 bits per heavy atom. The number of hydrogen-bond donors (Lipinski definition) is 1. The molecule has 21 heavy (non-hydrogen) atoms. The van der Waals surface area contributed by atoms with E-state index in [0.717, 1.165) is 0 Å². The summed E-state index contributed by atoms with van der Waals surface area (Å²) in [4.78, 5) is 1.28. The standard InChI is InChI=1S/C18H20N2S/c1-13(16-6-4-15(12-19)5-7-16)20-14(2)17-8-10-18(21-3)11-9-17/h4-11,13-14,20H,1-3H3. The Kier molecular flexibility index (Phi) is 5.44. The lowest BCUT2D eigenvalue weighted by molar-refractivity contribution is 0.494. The molecule has 2 aromatic rings. The maximum atomic E-state index is 8.84. The van der Waals surface area contributed by atoms with Gasteiger partial charge in [0.05, 0.1) is 11.6 Å². The molecule has 0 bridgehead atoms. The van der Waals surface area contributed by atoms with Crippen LogP contribution in [0.4, 0.5) is 0 Å². The summed E-state index contributed by atoms with van der Waals surface area (Å²) in [6.45, 7) is 4.32. The molecule has 2 atom stereocenters. The van der Waals surface area contributed by atoms with Crippen molar-refractivity contribution >= 4 is 11.8 Å². The van der Waals surface area contributed by atoms with E-state index in [2.05, 4.69) is 55.8 Å². The van der Waals surface area contributed by atoms with Crippen LogP contribution in [-0.2, 0) is 0 Å². The van der Waals surface area contributed by atoms with Gasteiger partial charge < -0.3 is 5.32 Å². The number of hydrogen-bond acceptors (Lipinski definition) is 3. The van der Waals surface area contributed by atoms with Crippen molar-refractivity contribution in [1.82, 2.24) is 5.32 Å². The van der Waals surface area contributed by atoms with Crippen LogP contribution in [0.15, 0.2) is 53.4 Å². The van der Waals surface area contributed by atoms with Crippen LogP contribution in [0.3, 0.4) is 0 Å². The fourth-order valence-electron chi connectivity index (χ4n) is 2.31. The highest BCUT2D eigenvalue weighted by Crippen LogP contribution is 2.22. The first-order valence-electron chi connectivity index (χ1n) is 7.04. The van der Waals surface area contributed by atoms with E-state index in [1.54, 1.807) is 11.8 Å². The highest BCUT2D eigenvalue weighted by Gasteiger charge is 2.11. The second kappa shape index (κ2) is 7.31. The number of benzene rings is 2. The molecule has 0 aromatic heterocycles. The van der Waals surface area contributed by atoms with E-state index < -0.39 is 0 Å². The SMILES string of the molecule is CSc1ccc(C(C)NC(C)c2ccc(C#N)cc2)cc1. The van der Waals surface area contributed by atoms with Crippen molar-refractivity contribution in [3.05, 3.63) is 65.2 Å². The third-order valence-corrected chi connectivity index (χ3v) is 4.40. The van der Waals surface area contributed by atoms with E-state index in [9.17, 15) is 0 Å². The van der Waals surface area contributed by atoms with Gasteiger partial charge in [-0.1, -0.05) is 24.3 Å². The van der Waals surface area contributed by atoms with Crippen molar-refractivity contribution in [1.29, 1.82) is 5.26 Å². The van der Waals surface area contributed by atoms with Crippen LogP contribution in [0.5, 0.6) is 0 Å². The summed E-state index contributed by atoms with van der Waals surface area (Å²) in [6, 6.07) is 19.1. The molecule has 0 heterocycles. The minimum atomic E-state index is 0.243. The van der Waals surface area contributed by atoms with Gasteiger partial charge in [0.1, 0.15) is 0 Å². The number of nitriles is 1. The Balaban J connectivity index is 2.03. The van der Waals surface area contributed by atoms with Crippen molar-refractivity contribution in [2.45, 2.75) is 30.8 Å². The molecule has 0 fully saturated rings. The first-order chi connectivity index (χ1) is 10.1. The van der Waals surface area contributed by atoms with Gasteiger partial charge in [0.25, 0.3) is 0 Å². The molecule has 2 aromatic carbocycles. The fraction of sp³-hybridized carbons (Fsp3) is 0.278. The van der Waals surface area contributed by atoms with Gasteiger partial charge in [-0.2, -0.15) is 5.26 Å². The lowest BCUT2D eigenvalue weighted by Crippen LogP contribution is -2.22. The van der Waals surface area contributed by atoms with E-state index >= 15 is 0 Å². The zero-order valence-corrected chi connectivity index (χ0v) is 13.4. The third-order valence-electron chi connectivity index (χ3n) is 3.66. The normalized spacial score (nSPS) is 13.4. The van der Waals surface area contributed by atoms with Crippen LogP contribution < -0.4 is 5.32 Å². The molecule has 0 aliphatic heterocycles. The number of nitrogens with one attached hydrogen (secondary N) is 1. The van der Waals surface area contributed by atoms with Gasteiger partial charge in [-0.25, -0.2) is 0 Å². The highest BCUT2D eigenvalue weighted by molar-refractivity contribution is 7.98. The minimum Gasteiger partial charge on any atom is -0.304 e. The van der Waals surface area contributed by atoms with Crippen molar-refractivity contribution in [2.24, 2.45) is 0 Å². The Morgan fingerprint density at radius 2 is 1.38 bits per heavy atom. The molecule has 108 valence electrons. The Bertz CT molecular complexity index is 611. The summed E-state index contributed by atoms with van der Waals surface area (Å²) in [5.74, 6) is 0. The molecule has 0 spiro atoms. The third kappa shape index (κ3) is 4.10. The van der Waals surface area contributed by atoms with E-state index in [0.29, 0.717) is 5.56 Å². The molecule has 2 unspecified atom stereocenters. The second-order valence-electron chi connectivity index (χ2n) is 5.12. The number of thioether (sulfide) groups is 1. The van der Waals surface area contributed by atoms with Crippen molar-refractivity contribution in [3.63, 3.8) is 0 Å². The van der Waals surface area contributed by atoms with Gasteiger partial charge in [0.2, 0.25) is 0 Å². The molecule has 1 N–H and O–H groups in total. The molecule has 0 aliphatic rings. The summed E-state index contributed by atoms with van der Waals surface area (Å²) < 4.78 is 0. The summed E-state index contributed by atoms with van der Waals surface area (Å²) >= 11 is 1.76. The zero-order valence-electron chi connectivity index (χ0n) is 12.6. The molecule has 0 saturated heterocycles. The summed E-state index contributed by atoms with van der Waals surface area (Å²) in [5.41, 5.74) is 3.18. The summed E-state index contributed by atoms with van der Waals surface area (Å²) in [6.07, 6.45) is 2.09. The molecular weight excluding hydrogens is 276 g/mol. The Labute approximate surface area is 131 Å². The van der Waals surface area contributed by atoms with Crippen molar-refractivity contribution < 1.29 is 0 Å². The molecule has 0 saturated carbocycles. The van der Waals surface area contributed by atoms with Crippen molar-refractivity contribution in [3.8, 4) is 6.07 Å². The van der Waals surface area contributed by atoms with E-state index in [1.165, 1.54) is 16.0 Å². The number of rotatable bonds is 5. The molecule has 0 amide bonds. The van der Waals surface area contributed by atoms with Gasteiger partial charge in [-0.05, 0) is 55.5 Å². The van der Waals surface area contributed by atoms with E-state index in [-0.39, 0.29) is 12.1 Å². The molecule has 2 nitrogen and oxygen atoms in total. The number of nitrogens with zero attached hydrogens (tertiary/aromatic N) is 1. The van der Waals surface area contributed by atoms with Crippen LogP contribution in [-0.4, -0.2) is 6.26 Å².